The third-order valence-electron chi connectivity index (χ3n) is 3.11. The lowest BCUT2D eigenvalue weighted by Gasteiger charge is -2.28. The highest BCUT2D eigenvalue weighted by Crippen LogP contribution is 2.33. The lowest BCUT2D eigenvalue weighted by molar-refractivity contribution is 0.286. The minimum Gasteiger partial charge on any atom is -0.331 e. The second-order valence-electron chi connectivity index (χ2n) is 3.97. The number of aromatic nitrogens is 2. The van der Waals surface area contributed by atoms with Gasteiger partial charge in [-0.2, -0.15) is 5.26 Å². The largest absolute Gasteiger partial charge is 0.331 e. The van der Waals surface area contributed by atoms with Crippen LogP contribution in [-0.4, -0.2) is 9.55 Å². The van der Waals surface area contributed by atoms with Crippen molar-refractivity contribution in [1.29, 1.82) is 5.26 Å². The zero-order valence-corrected chi connectivity index (χ0v) is 8.48. The van der Waals surface area contributed by atoms with Crippen LogP contribution in [0.5, 0.6) is 0 Å². The standard InChI is InChI=1S/C11H15N3/c1-9-13-6-7-14(9)11-5-3-2-4-10(11)8-12/h6-7,10-11H,2-5H2,1H3. The summed E-state index contributed by atoms with van der Waals surface area (Å²) in [4.78, 5) is 4.21. The molecule has 14 heavy (non-hydrogen) atoms. The van der Waals surface area contributed by atoms with E-state index in [0.29, 0.717) is 6.04 Å². The van der Waals surface area contributed by atoms with Gasteiger partial charge in [-0.05, 0) is 19.8 Å². The van der Waals surface area contributed by atoms with Gasteiger partial charge in [0.2, 0.25) is 0 Å². The van der Waals surface area contributed by atoms with Crippen molar-refractivity contribution in [2.45, 2.75) is 38.6 Å². The number of rotatable bonds is 1. The van der Waals surface area contributed by atoms with Crippen LogP contribution in [0, 0.1) is 24.2 Å². The summed E-state index contributed by atoms with van der Waals surface area (Å²) in [5.74, 6) is 1.20. The molecule has 0 saturated heterocycles. The minimum absolute atomic E-state index is 0.177. The summed E-state index contributed by atoms with van der Waals surface area (Å²) in [7, 11) is 0. The van der Waals surface area contributed by atoms with Gasteiger partial charge < -0.3 is 4.57 Å². The van der Waals surface area contributed by atoms with Crippen molar-refractivity contribution >= 4 is 0 Å². The predicted octanol–water partition coefficient (Wildman–Crippen LogP) is 2.45. The molecule has 0 spiro atoms. The average Bonchev–Trinajstić information content (AvgIpc) is 2.64. The molecule has 1 aliphatic carbocycles. The Bertz CT molecular complexity index is 348. The number of nitriles is 1. The van der Waals surface area contributed by atoms with Gasteiger partial charge in [-0.25, -0.2) is 4.98 Å². The summed E-state index contributed by atoms with van der Waals surface area (Å²) >= 11 is 0. The van der Waals surface area contributed by atoms with Crippen LogP contribution in [0.25, 0.3) is 0 Å². The average molecular weight is 189 g/mol. The van der Waals surface area contributed by atoms with Crippen molar-refractivity contribution in [3.05, 3.63) is 18.2 Å². The molecule has 0 radical (unpaired) electrons. The van der Waals surface area contributed by atoms with Gasteiger partial charge in [-0.3, -0.25) is 0 Å². The summed E-state index contributed by atoms with van der Waals surface area (Å²) < 4.78 is 2.16. The number of aryl methyl sites for hydroxylation is 1. The van der Waals surface area contributed by atoms with E-state index in [2.05, 4.69) is 15.6 Å². The second kappa shape index (κ2) is 3.83. The number of hydrogen-bond donors (Lipinski definition) is 0. The molecule has 74 valence electrons. The molecule has 0 amide bonds. The van der Waals surface area contributed by atoms with Crippen molar-refractivity contribution in [3.8, 4) is 6.07 Å². The van der Waals surface area contributed by atoms with Gasteiger partial charge in [0, 0.05) is 12.4 Å². The molecule has 0 N–H and O–H groups in total. The smallest absolute Gasteiger partial charge is 0.105 e. The highest BCUT2D eigenvalue weighted by atomic mass is 15.1. The first-order valence-electron chi connectivity index (χ1n) is 5.22. The van der Waals surface area contributed by atoms with Gasteiger partial charge in [-0.1, -0.05) is 12.8 Å². The number of hydrogen-bond acceptors (Lipinski definition) is 2. The minimum atomic E-state index is 0.177. The van der Waals surface area contributed by atoms with Crippen LogP contribution in [0.2, 0.25) is 0 Å². The molecule has 2 rings (SSSR count). The van der Waals surface area contributed by atoms with Crippen LogP contribution < -0.4 is 0 Å². The van der Waals surface area contributed by atoms with Crippen molar-refractivity contribution in [2.75, 3.05) is 0 Å². The molecule has 3 nitrogen and oxygen atoms in total. The topological polar surface area (TPSA) is 41.6 Å². The van der Waals surface area contributed by atoms with Gasteiger partial charge in [0.1, 0.15) is 5.82 Å². The quantitative estimate of drug-likeness (QED) is 0.681. The van der Waals surface area contributed by atoms with Crippen LogP contribution in [0.15, 0.2) is 12.4 Å². The van der Waals surface area contributed by atoms with Gasteiger partial charge in [0.15, 0.2) is 0 Å². The molecule has 1 heterocycles. The summed E-state index contributed by atoms with van der Waals surface area (Å²) in [6.45, 7) is 2.00. The van der Waals surface area contributed by atoms with Gasteiger partial charge in [-0.15, -0.1) is 0 Å². The van der Waals surface area contributed by atoms with Crippen LogP contribution in [0.1, 0.15) is 37.5 Å². The summed E-state index contributed by atoms with van der Waals surface area (Å²) in [6, 6.07) is 2.78. The first-order valence-corrected chi connectivity index (χ1v) is 5.22. The molecular weight excluding hydrogens is 174 g/mol. The molecule has 1 saturated carbocycles. The van der Waals surface area contributed by atoms with Crippen molar-refractivity contribution in [3.63, 3.8) is 0 Å². The van der Waals surface area contributed by atoms with E-state index in [-0.39, 0.29) is 5.92 Å². The van der Waals surface area contributed by atoms with Crippen LogP contribution in [-0.2, 0) is 0 Å². The third-order valence-corrected chi connectivity index (χ3v) is 3.11. The van der Waals surface area contributed by atoms with Gasteiger partial charge in [0.25, 0.3) is 0 Å². The first-order chi connectivity index (χ1) is 6.83. The first kappa shape index (κ1) is 9.26. The fourth-order valence-electron chi connectivity index (χ4n) is 2.33. The second-order valence-corrected chi connectivity index (χ2v) is 3.97. The van der Waals surface area contributed by atoms with E-state index < -0.39 is 0 Å². The fraction of sp³-hybridized carbons (Fsp3) is 0.636. The highest BCUT2D eigenvalue weighted by Gasteiger charge is 2.26. The maximum absolute atomic E-state index is 9.07. The maximum Gasteiger partial charge on any atom is 0.105 e. The molecule has 1 fully saturated rings. The SMILES string of the molecule is Cc1nccn1C1CCCCC1C#N. The molecular formula is C11H15N3. The van der Waals surface area contributed by atoms with E-state index in [9.17, 15) is 0 Å². The van der Waals surface area contributed by atoms with Crippen molar-refractivity contribution < 1.29 is 0 Å². The normalized spacial score (nSPS) is 27.1. The Kier molecular flexibility index (Phi) is 2.53. The Labute approximate surface area is 84.4 Å². The van der Waals surface area contributed by atoms with E-state index in [0.717, 1.165) is 18.7 Å². The lowest BCUT2D eigenvalue weighted by atomic mass is 9.85. The third kappa shape index (κ3) is 1.52. The predicted molar refractivity (Wildman–Crippen MR) is 53.6 cm³/mol. The summed E-state index contributed by atoms with van der Waals surface area (Å²) in [5, 5.41) is 9.07. The molecule has 1 aliphatic rings. The van der Waals surface area contributed by atoms with E-state index >= 15 is 0 Å². The van der Waals surface area contributed by atoms with Crippen LogP contribution in [0.3, 0.4) is 0 Å². The number of nitrogens with zero attached hydrogens (tertiary/aromatic N) is 3. The monoisotopic (exact) mass is 189 g/mol. The molecule has 0 aromatic carbocycles. The molecule has 3 heteroatoms. The maximum atomic E-state index is 9.07. The fourth-order valence-corrected chi connectivity index (χ4v) is 2.33. The Hall–Kier alpha value is -1.30. The van der Waals surface area contributed by atoms with Crippen molar-refractivity contribution in [1.82, 2.24) is 9.55 Å². The molecule has 2 unspecified atom stereocenters. The zero-order chi connectivity index (χ0) is 9.97. The van der Waals surface area contributed by atoms with E-state index in [1.807, 2.05) is 19.3 Å². The molecule has 0 bridgehead atoms. The van der Waals surface area contributed by atoms with Gasteiger partial charge >= 0.3 is 0 Å². The van der Waals surface area contributed by atoms with E-state index in [4.69, 9.17) is 5.26 Å². The zero-order valence-electron chi connectivity index (χ0n) is 8.48. The molecule has 1 aromatic heterocycles. The van der Waals surface area contributed by atoms with Crippen molar-refractivity contribution in [2.24, 2.45) is 5.92 Å². The van der Waals surface area contributed by atoms with Gasteiger partial charge in [0.05, 0.1) is 18.0 Å². The Morgan fingerprint density at radius 3 is 2.93 bits per heavy atom. The summed E-state index contributed by atoms with van der Waals surface area (Å²) in [5.41, 5.74) is 0. The van der Waals surface area contributed by atoms with E-state index in [1.165, 1.54) is 12.8 Å². The summed E-state index contributed by atoms with van der Waals surface area (Å²) in [6.07, 6.45) is 8.41. The highest BCUT2D eigenvalue weighted by molar-refractivity contribution is 5.00. The van der Waals surface area contributed by atoms with Crippen LogP contribution in [0.4, 0.5) is 0 Å². The van der Waals surface area contributed by atoms with E-state index in [1.54, 1.807) is 0 Å². The molecule has 0 aliphatic heterocycles. The molecule has 2 atom stereocenters. The Morgan fingerprint density at radius 2 is 2.29 bits per heavy atom. The number of imidazole rings is 1. The van der Waals surface area contributed by atoms with Crippen LogP contribution >= 0.6 is 0 Å². The molecule has 1 aromatic rings. The lowest BCUT2D eigenvalue weighted by Crippen LogP contribution is -2.22. The Morgan fingerprint density at radius 1 is 1.50 bits per heavy atom. The Balaban J connectivity index is 2.24.